The van der Waals surface area contributed by atoms with Gasteiger partial charge in [-0.25, -0.2) is 9.48 Å². The van der Waals surface area contributed by atoms with E-state index in [0.29, 0.717) is 28.5 Å². The minimum Gasteiger partial charge on any atom is -0.492 e. The fourth-order valence-corrected chi connectivity index (χ4v) is 5.07. The second kappa shape index (κ2) is 10.7. The van der Waals surface area contributed by atoms with Crippen LogP contribution < -0.4 is 10.1 Å². The van der Waals surface area contributed by atoms with Crippen molar-refractivity contribution in [3.05, 3.63) is 107 Å². The first-order valence-corrected chi connectivity index (χ1v) is 12.7. The van der Waals surface area contributed by atoms with Gasteiger partial charge in [0.2, 0.25) is 6.10 Å². The van der Waals surface area contributed by atoms with Gasteiger partial charge in [0.25, 0.3) is 5.91 Å². The molecule has 0 bridgehead atoms. The molecule has 0 spiro atoms. The molecule has 2 aromatic heterocycles. The van der Waals surface area contributed by atoms with Crippen LogP contribution in [0.5, 0.6) is 5.75 Å². The normalized spacial score (nSPS) is 11.7. The Labute approximate surface area is 218 Å². The van der Waals surface area contributed by atoms with Crippen molar-refractivity contribution in [1.82, 2.24) is 9.78 Å². The van der Waals surface area contributed by atoms with Crippen LogP contribution in [0.25, 0.3) is 15.9 Å². The van der Waals surface area contributed by atoms with Gasteiger partial charge in [0.15, 0.2) is 0 Å². The van der Waals surface area contributed by atoms with Crippen molar-refractivity contribution in [2.75, 3.05) is 11.9 Å². The number of aryl methyl sites for hydroxylation is 1. The molecule has 0 radical (unpaired) electrons. The summed E-state index contributed by atoms with van der Waals surface area (Å²) in [5.41, 5.74) is 2.78. The fourth-order valence-electron chi connectivity index (χ4n) is 4.01. The van der Waals surface area contributed by atoms with Crippen LogP contribution in [0.3, 0.4) is 0 Å². The Balaban J connectivity index is 1.44. The number of carbonyl (C=O) groups excluding carboxylic acids is 2. The van der Waals surface area contributed by atoms with Crippen LogP contribution in [-0.4, -0.2) is 28.3 Å². The summed E-state index contributed by atoms with van der Waals surface area (Å²) in [6.45, 7) is 4.23. The van der Waals surface area contributed by atoms with Crippen molar-refractivity contribution in [3.63, 3.8) is 0 Å². The van der Waals surface area contributed by atoms with E-state index in [1.807, 2.05) is 61.0 Å². The van der Waals surface area contributed by atoms with E-state index in [-0.39, 0.29) is 0 Å². The van der Waals surface area contributed by atoms with E-state index in [0.717, 1.165) is 21.6 Å². The maximum absolute atomic E-state index is 13.4. The summed E-state index contributed by atoms with van der Waals surface area (Å²) in [5, 5.41) is 8.35. The summed E-state index contributed by atoms with van der Waals surface area (Å²) in [7, 11) is 0. The lowest BCUT2D eigenvalue weighted by atomic mass is 10.1. The molecule has 5 aromatic rings. The number of hydrogen-bond acceptors (Lipinski definition) is 6. The first-order chi connectivity index (χ1) is 18.0. The average molecular weight is 512 g/mol. The molecule has 37 heavy (non-hydrogen) atoms. The van der Waals surface area contributed by atoms with E-state index in [2.05, 4.69) is 10.4 Å². The molecule has 1 amide bonds. The van der Waals surface area contributed by atoms with Gasteiger partial charge in [-0.2, -0.15) is 5.10 Å². The summed E-state index contributed by atoms with van der Waals surface area (Å²) in [5.74, 6) is -0.510. The topological polar surface area (TPSA) is 82.4 Å². The molecule has 0 aliphatic heterocycles. The number of aromatic nitrogens is 2. The second-order valence-corrected chi connectivity index (χ2v) is 9.31. The Morgan fingerprint density at radius 1 is 0.973 bits per heavy atom. The third kappa shape index (κ3) is 5.10. The third-order valence-electron chi connectivity index (χ3n) is 5.76. The minimum absolute atomic E-state index is 0.392. The van der Waals surface area contributed by atoms with Crippen molar-refractivity contribution in [3.8, 4) is 11.4 Å². The van der Waals surface area contributed by atoms with Crippen molar-refractivity contribution in [2.45, 2.75) is 20.0 Å². The molecule has 1 unspecified atom stereocenters. The van der Waals surface area contributed by atoms with Gasteiger partial charge < -0.3 is 14.8 Å². The van der Waals surface area contributed by atoms with Crippen molar-refractivity contribution >= 4 is 39.1 Å². The summed E-state index contributed by atoms with van der Waals surface area (Å²) >= 11 is 1.28. The zero-order valence-corrected chi connectivity index (χ0v) is 21.2. The van der Waals surface area contributed by atoms with E-state index in [1.54, 1.807) is 48.5 Å². The van der Waals surface area contributed by atoms with Crippen molar-refractivity contribution in [1.29, 1.82) is 0 Å². The fraction of sp³-hybridized carbons (Fsp3) is 0.138. The number of amides is 1. The van der Waals surface area contributed by atoms with E-state index in [1.165, 1.54) is 11.3 Å². The molecule has 0 fully saturated rings. The number of nitrogens with zero attached hydrogens (tertiary/aromatic N) is 2. The number of nitrogens with one attached hydrogen (secondary N) is 1. The number of fused-ring (bicyclic) bond motifs is 1. The quantitative estimate of drug-likeness (QED) is 0.246. The Morgan fingerprint density at radius 2 is 1.65 bits per heavy atom. The lowest BCUT2D eigenvalue weighted by Crippen LogP contribution is -2.26. The lowest BCUT2D eigenvalue weighted by molar-refractivity contribution is -0.125. The third-order valence-corrected chi connectivity index (χ3v) is 6.85. The zero-order chi connectivity index (χ0) is 25.8. The number of hydrogen-bond donors (Lipinski definition) is 1. The van der Waals surface area contributed by atoms with Gasteiger partial charge in [-0.15, -0.1) is 11.3 Å². The molecule has 186 valence electrons. The Morgan fingerprint density at radius 3 is 2.38 bits per heavy atom. The largest absolute Gasteiger partial charge is 0.492 e. The number of esters is 1. The highest BCUT2D eigenvalue weighted by Gasteiger charge is 2.28. The maximum atomic E-state index is 13.4. The number of ether oxygens (including phenoxy) is 2. The number of carbonyl (C=O) groups is 2. The highest BCUT2D eigenvalue weighted by atomic mass is 32.1. The standard InChI is InChI=1S/C29H25N3O4S/c1-3-35-24-17-11-10-16-23(24)30-27(33)26(20-12-6-4-7-13-20)36-29(34)25-18-22-19(2)31-32(28(22)37-25)21-14-8-5-9-15-21/h4-18,26H,3H2,1-2H3,(H,30,33). The van der Waals surface area contributed by atoms with E-state index < -0.39 is 18.0 Å². The summed E-state index contributed by atoms with van der Waals surface area (Å²) in [6.07, 6.45) is -1.15. The monoisotopic (exact) mass is 511 g/mol. The van der Waals surface area contributed by atoms with Gasteiger partial charge in [-0.1, -0.05) is 60.7 Å². The van der Waals surface area contributed by atoms with Crippen LogP contribution in [0.15, 0.2) is 91.0 Å². The molecular formula is C29H25N3O4S. The van der Waals surface area contributed by atoms with Crippen molar-refractivity contribution in [2.24, 2.45) is 0 Å². The average Bonchev–Trinajstić information content (AvgIpc) is 3.50. The molecule has 1 atom stereocenters. The van der Waals surface area contributed by atoms with Gasteiger partial charge in [-0.05, 0) is 44.2 Å². The first-order valence-electron chi connectivity index (χ1n) is 11.9. The van der Waals surface area contributed by atoms with Gasteiger partial charge in [0, 0.05) is 10.9 Å². The predicted octanol–water partition coefficient (Wildman–Crippen LogP) is 6.33. The number of rotatable bonds is 8. The molecular weight excluding hydrogens is 486 g/mol. The molecule has 0 aliphatic rings. The van der Waals surface area contributed by atoms with E-state index in [9.17, 15) is 9.59 Å². The smallest absolute Gasteiger partial charge is 0.349 e. The van der Waals surface area contributed by atoms with Crippen LogP contribution in [0, 0.1) is 6.92 Å². The molecule has 1 N–H and O–H groups in total. The zero-order valence-electron chi connectivity index (χ0n) is 20.4. The van der Waals surface area contributed by atoms with Gasteiger partial charge in [-0.3, -0.25) is 4.79 Å². The van der Waals surface area contributed by atoms with Gasteiger partial charge >= 0.3 is 5.97 Å². The highest BCUT2D eigenvalue weighted by molar-refractivity contribution is 7.20. The Kier molecular flexibility index (Phi) is 7.00. The summed E-state index contributed by atoms with van der Waals surface area (Å²) in [6, 6.07) is 27.6. The molecule has 0 aliphatic carbocycles. The minimum atomic E-state index is -1.15. The maximum Gasteiger partial charge on any atom is 0.349 e. The van der Waals surface area contributed by atoms with Crippen LogP contribution in [-0.2, 0) is 9.53 Å². The van der Waals surface area contributed by atoms with Crippen molar-refractivity contribution < 1.29 is 19.1 Å². The number of anilines is 1. The number of para-hydroxylation sites is 3. The number of thiophene rings is 1. The van der Waals surface area contributed by atoms with Crippen LogP contribution in [0.1, 0.15) is 34.0 Å². The van der Waals surface area contributed by atoms with Crippen LogP contribution in [0.2, 0.25) is 0 Å². The van der Waals surface area contributed by atoms with Gasteiger partial charge in [0.1, 0.15) is 15.5 Å². The van der Waals surface area contributed by atoms with E-state index >= 15 is 0 Å². The Hall–Kier alpha value is -4.43. The summed E-state index contributed by atoms with van der Waals surface area (Å²) in [4.78, 5) is 28.0. The van der Waals surface area contributed by atoms with Gasteiger partial charge in [0.05, 0.1) is 23.7 Å². The Bertz CT molecular complexity index is 1540. The SMILES string of the molecule is CCOc1ccccc1NC(=O)C(OC(=O)c1cc2c(C)nn(-c3ccccc3)c2s1)c1ccccc1. The first kappa shape index (κ1) is 24.3. The molecule has 0 saturated heterocycles. The molecule has 3 aromatic carbocycles. The predicted molar refractivity (Wildman–Crippen MR) is 145 cm³/mol. The lowest BCUT2D eigenvalue weighted by Gasteiger charge is -2.19. The highest BCUT2D eigenvalue weighted by Crippen LogP contribution is 2.32. The van der Waals surface area contributed by atoms with Crippen LogP contribution in [0.4, 0.5) is 5.69 Å². The number of benzene rings is 3. The van der Waals surface area contributed by atoms with E-state index in [4.69, 9.17) is 9.47 Å². The van der Waals surface area contributed by atoms with Crippen LogP contribution >= 0.6 is 11.3 Å². The molecule has 5 rings (SSSR count). The molecule has 0 saturated carbocycles. The second-order valence-electron chi connectivity index (χ2n) is 8.28. The molecule has 2 heterocycles. The molecule has 7 nitrogen and oxygen atoms in total. The molecule has 8 heteroatoms. The summed E-state index contributed by atoms with van der Waals surface area (Å²) < 4.78 is 13.3.